The third-order valence-corrected chi connectivity index (χ3v) is 6.68. The van der Waals surface area contributed by atoms with Crippen LogP contribution < -0.4 is 5.56 Å². The predicted molar refractivity (Wildman–Crippen MR) is 129 cm³/mol. The van der Waals surface area contributed by atoms with Crippen LogP contribution in [0, 0.1) is 27.2 Å². The maximum atomic E-state index is 13.5. The van der Waals surface area contributed by atoms with Crippen LogP contribution in [0.5, 0.6) is 0 Å². The van der Waals surface area contributed by atoms with Crippen LogP contribution in [0.4, 0.5) is 24.5 Å². The Balaban J connectivity index is 2.06. The Kier molecular flexibility index (Phi) is 6.58. The number of benzene rings is 3. The molecule has 1 heterocycles. The molecule has 3 aromatic carbocycles. The molecular formula is C22H12BrF3N4O5S. The molecular weight excluding hydrogens is 569 g/mol. The normalized spacial score (nSPS) is 11.6. The standard InChI is InChI=1S/C22H12BrF3N4O5S/c1-11-8-13(23)6-7-16(11)28-20(31)14-4-2-3-5-15(14)27-21(28)36-19-17(29(32)33)9-12(22(24,25)26)10-18(19)30(34)35/h2-10H,1H3. The van der Waals surface area contributed by atoms with Gasteiger partial charge < -0.3 is 0 Å². The fourth-order valence-corrected chi connectivity index (χ4v) is 5.04. The van der Waals surface area contributed by atoms with E-state index < -0.39 is 43.4 Å². The fourth-order valence-electron chi connectivity index (χ4n) is 3.49. The van der Waals surface area contributed by atoms with Gasteiger partial charge in [-0.25, -0.2) is 4.98 Å². The van der Waals surface area contributed by atoms with Gasteiger partial charge in [-0.2, -0.15) is 13.2 Å². The van der Waals surface area contributed by atoms with Crippen molar-refractivity contribution >= 4 is 50.0 Å². The van der Waals surface area contributed by atoms with Crippen LogP contribution in [0.1, 0.15) is 11.1 Å². The summed E-state index contributed by atoms with van der Waals surface area (Å²) in [5.74, 6) is 0. The lowest BCUT2D eigenvalue weighted by Gasteiger charge is -2.16. The highest BCUT2D eigenvalue weighted by atomic mass is 79.9. The molecule has 0 atom stereocenters. The van der Waals surface area contributed by atoms with Crippen molar-refractivity contribution in [1.82, 2.24) is 9.55 Å². The molecule has 1 aromatic heterocycles. The third kappa shape index (κ3) is 4.68. The van der Waals surface area contributed by atoms with E-state index in [4.69, 9.17) is 0 Å². The molecule has 184 valence electrons. The van der Waals surface area contributed by atoms with E-state index in [2.05, 4.69) is 20.9 Å². The van der Waals surface area contributed by atoms with Gasteiger partial charge in [0.1, 0.15) is 0 Å². The Morgan fingerprint density at radius 1 is 1.00 bits per heavy atom. The van der Waals surface area contributed by atoms with Gasteiger partial charge in [-0.1, -0.05) is 28.1 Å². The number of aromatic nitrogens is 2. The lowest BCUT2D eigenvalue weighted by atomic mass is 10.1. The molecule has 0 aliphatic heterocycles. The number of hydrogen-bond acceptors (Lipinski definition) is 7. The first-order valence-electron chi connectivity index (χ1n) is 9.88. The van der Waals surface area contributed by atoms with Crippen molar-refractivity contribution in [2.24, 2.45) is 0 Å². The molecule has 0 aliphatic rings. The Labute approximate surface area is 212 Å². The van der Waals surface area contributed by atoms with Gasteiger partial charge in [0.15, 0.2) is 10.1 Å². The SMILES string of the molecule is Cc1cc(Br)ccc1-n1c(Sc2c([N+](=O)[O-])cc(C(F)(F)F)cc2[N+](=O)[O-])nc2ccccc2c1=O. The number of nitro groups is 2. The Hall–Kier alpha value is -3.78. The molecule has 4 rings (SSSR count). The molecule has 0 spiro atoms. The Bertz CT molecular complexity index is 1590. The minimum Gasteiger partial charge on any atom is -0.268 e. The lowest BCUT2D eigenvalue weighted by Crippen LogP contribution is -2.22. The number of rotatable bonds is 5. The second-order valence-electron chi connectivity index (χ2n) is 7.44. The summed E-state index contributed by atoms with van der Waals surface area (Å²) in [6, 6.07) is 11.6. The Morgan fingerprint density at radius 3 is 2.17 bits per heavy atom. The zero-order chi connectivity index (χ0) is 26.4. The summed E-state index contributed by atoms with van der Waals surface area (Å²) >= 11 is 3.69. The van der Waals surface area contributed by atoms with Crippen molar-refractivity contribution in [3.05, 3.63) is 101 Å². The highest BCUT2D eigenvalue weighted by Gasteiger charge is 2.38. The first-order valence-corrected chi connectivity index (χ1v) is 11.5. The zero-order valence-electron chi connectivity index (χ0n) is 17.9. The molecule has 0 saturated carbocycles. The van der Waals surface area contributed by atoms with E-state index in [9.17, 15) is 38.2 Å². The summed E-state index contributed by atoms with van der Waals surface area (Å²) in [6.45, 7) is 1.69. The van der Waals surface area contributed by atoms with Gasteiger partial charge in [0.05, 0.1) is 32.0 Å². The van der Waals surface area contributed by atoms with Crippen LogP contribution >= 0.6 is 27.7 Å². The number of alkyl halides is 3. The van der Waals surface area contributed by atoms with Gasteiger partial charge in [-0.15, -0.1) is 0 Å². The molecule has 0 bridgehead atoms. The summed E-state index contributed by atoms with van der Waals surface area (Å²) in [4.78, 5) is 38.3. The number of nitro benzene ring substituents is 2. The number of fused-ring (bicyclic) bond motifs is 1. The van der Waals surface area contributed by atoms with Crippen molar-refractivity contribution in [2.45, 2.75) is 23.2 Å². The summed E-state index contributed by atoms with van der Waals surface area (Å²) in [5, 5.41) is 23.4. The first kappa shape index (κ1) is 25.3. The average molecular weight is 581 g/mol. The molecule has 0 unspecified atom stereocenters. The minimum atomic E-state index is -5.06. The van der Waals surface area contributed by atoms with E-state index in [0.29, 0.717) is 27.5 Å². The predicted octanol–water partition coefficient (Wildman–Crippen LogP) is 6.44. The van der Waals surface area contributed by atoms with Gasteiger partial charge in [0, 0.05) is 16.6 Å². The lowest BCUT2D eigenvalue weighted by molar-refractivity contribution is -0.400. The van der Waals surface area contributed by atoms with E-state index in [0.717, 1.165) is 4.57 Å². The van der Waals surface area contributed by atoms with Crippen LogP contribution in [-0.4, -0.2) is 19.4 Å². The summed E-state index contributed by atoms with van der Waals surface area (Å²) in [6.07, 6.45) is -5.06. The van der Waals surface area contributed by atoms with Crippen LogP contribution in [0.15, 0.2) is 73.9 Å². The topological polar surface area (TPSA) is 121 Å². The number of nitrogens with zero attached hydrogens (tertiary/aromatic N) is 4. The van der Waals surface area contributed by atoms with Crippen molar-refractivity contribution in [2.75, 3.05) is 0 Å². The van der Waals surface area contributed by atoms with Crippen LogP contribution in [-0.2, 0) is 6.18 Å². The first-order chi connectivity index (χ1) is 16.9. The molecule has 4 aromatic rings. The maximum absolute atomic E-state index is 13.5. The number of halogens is 4. The van der Waals surface area contributed by atoms with Gasteiger partial charge in [-0.05, 0) is 54.6 Å². The van der Waals surface area contributed by atoms with Crippen LogP contribution in [0.25, 0.3) is 16.6 Å². The molecule has 0 radical (unpaired) electrons. The molecule has 0 amide bonds. The van der Waals surface area contributed by atoms with Crippen molar-refractivity contribution in [3.63, 3.8) is 0 Å². The monoisotopic (exact) mass is 580 g/mol. The molecule has 0 N–H and O–H groups in total. The van der Waals surface area contributed by atoms with Gasteiger partial charge in [0.25, 0.3) is 16.9 Å². The molecule has 0 saturated heterocycles. The van der Waals surface area contributed by atoms with Crippen molar-refractivity contribution in [3.8, 4) is 5.69 Å². The molecule has 36 heavy (non-hydrogen) atoms. The fraction of sp³-hybridized carbons (Fsp3) is 0.0909. The van der Waals surface area contributed by atoms with E-state index in [1.807, 2.05) is 0 Å². The highest BCUT2D eigenvalue weighted by molar-refractivity contribution is 9.10. The number of hydrogen-bond donors (Lipinski definition) is 0. The highest BCUT2D eigenvalue weighted by Crippen LogP contribution is 2.45. The van der Waals surface area contributed by atoms with E-state index in [1.54, 1.807) is 37.3 Å². The largest absolute Gasteiger partial charge is 0.416 e. The molecule has 0 fully saturated rings. The number of aryl methyl sites for hydroxylation is 1. The van der Waals surface area contributed by atoms with Crippen molar-refractivity contribution < 1.29 is 23.0 Å². The second kappa shape index (κ2) is 9.35. The van der Waals surface area contributed by atoms with E-state index >= 15 is 0 Å². The minimum absolute atomic E-state index is 0.199. The molecule has 14 heteroatoms. The maximum Gasteiger partial charge on any atom is 0.416 e. The van der Waals surface area contributed by atoms with Gasteiger partial charge in [0.2, 0.25) is 0 Å². The van der Waals surface area contributed by atoms with E-state index in [1.165, 1.54) is 12.1 Å². The second-order valence-corrected chi connectivity index (χ2v) is 9.33. The average Bonchev–Trinajstić information content (AvgIpc) is 2.79. The van der Waals surface area contributed by atoms with Gasteiger partial charge in [-0.3, -0.25) is 29.6 Å². The van der Waals surface area contributed by atoms with E-state index in [-0.39, 0.29) is 28.2 Å². The smallest absolute Gasteiger partial charge is 0.268 e. The van der Waals surface area contributed by atoms with Gasteiger partial charge >= 0.3 is 6.18 Å². The van der Waals surface area contributed by atoms with Crippen LogP contribution in [0.3, 0.4) is 0 Å². The molecule has 9 nitrogen and oxygen atoms in total. The molecule has 0 aliphatic carbocycles. The van der Waals surface area contributed by atoms with Crippen LogP contribution in [0.2, 0.25) is 0 Å². The summed E-state index contributed by atoms with van der Waals surface area (Å²) < 4.78 is 41.8. The summed E-state index contributed by atoms with van der Waals surface area (Å²) in [5.41, 5.74) is -3.24. The van der Waals surface area contributed by atoms with Crippen molar-refractivity contribution in [1.29, 1.82) is 0 Å². The number of para-hydroxylation sites is 1. The zero-order valence-corrected chi connectivity index (χ0v) is 20.3. The quantitative estimate of drug-likeness (QED) is 0.151. The Morgan fingerprint density at radius 2 is 1.61 bits per heavy atom. The summed E-state index contributed by atoms with van der Waals surface area (Å²) in [7, 11) is 0. The third-order valence-electron chi connectivity index (χ3n) is 5.11.